The van der Waals surface area contributed by atoms with Crippen molar-refractivity contribution in [1.82, 2.24) is 4.90 Å². The highest BCUT2D eigenvalue weighted by atomic mass is 16.7. The molecular weight excluding hydrogens is 520 g/mol. The Bertz CT molecular complexity index is 932. The maximum Gasteiger partial charge on any atom is 0.311 e. The van der Waals surface area contributed by atoms with Gasteiger partial charge in [0.1, 0.15) is 17.8 Å². The fourth-order valence-electron chi connectivity index (χ4n) is 5.93. The van der Waals surface area contributed by atoms with E-state index in [0.717, 1.165) is 0 Å². The lowest BCUT2D eigenvalue weighted by molar-refractivity contribution is -0.297. The Morgan fingerprint density at radius 1 is 1.15 bits per heavy atom. The molecule has 0 radical (unpaired) electrons. The number of esters is 1. The van der Waals surface area contributed by atoms with Crippen LogP contribution < -0.4 is 5.73 Å². The summed E-state index contributed by atoms with van der Waals surface area (Å²) in [4.78, 5) is 15.1. The van der Waals surface area contributed by atoms with Gasteiger partial charge in [0.2, 0.25) is 0 Å². The van der Waals surface area contributed by atoms with Gasteiger partial charge in [-0.1, -0.05) is 13.8 Å². The molecule has 11 atom stereocenters. The van der Waals surface area contributed by atoms with Gasteiger partial charge in [-0.15, -0.1) is 0 Å². The molecule has 0 bridgehead atoms. The third kappa shape index (κ3) is 7.83. The number of carbonyl (C=O) groups is 1. The fourth-order valence-corrected chi connectivity index (χ4v) is 5.93. The molecule has 0 spiro atoms. The van der Waals surface area contributed by atoms with Crippen molar-refractivity contribution in [3.05, 3.63) is 22.9 Å². The standard InChI is InChI=1S/C29H52N2O9/c1-10-21-28(6,36)13-19(14-32)22(30)15(2)12-29(7,37)25(17(4)23(33)18(5)26(35)39-21)40-27-24(34)20(31(8)9)11-16(3)38-27/h13,16-18,20-21,23-25,27,32-34,36-37H,10-12,14,30H2,1-9H3/t16-,17+,18-,20+,21-,23+,24-,25-,27?,28+,29+/m1/s1. The summed E-state index contributed by atoms with van der Waals surface area (Å²) in [5, 5.41) is 55.6. The third-order valence-electron chi connectivity index (χ3n) is 8.42. The summed E-state index contributed by atoms with van der Waals surface area (Å²) in [6.07, 6.45) is -3.65. The number of aliphatic hydroxyl groups is 5. The molecule has 0 aliphatic carbocycles. The summed E-state index contributed by atoms with van der Waals surface area (Å²) >= 11 is 0. The molecule has 0 aromatic heterocycles. The normalized spacial score (nSPS) is 42.8. The van der Waals surface area contributed by atoms with E-state index in [1.807, 2.05) is 25.9 Å². The van der Waals surface area contributed by atoms with Crippen LogP contribution in [0.15, 0.2) is 22.9 Å². The van der Waals surface area contributed by atoms with E-state index < -0.39 is 66.3 Å². The van der Waals surface area contributed by atoms with Crippen LogP contribution in [0.25, 0.3) is 0 Å². The number of cyclic esters (lactones) is 1. The second kappa shape index (κ2) is 13.6. The summed E-state index contributed by atoms with van der Waals surface area (Å²) in [5.41, 5.74) is 3.96. The van der Waals surface area contributed by atoms with Crippen LogP contribution in [0, 0.1) is 11.8 Å². The van der Waals surface area contributed by atoms with Gasteiger partial charge in [0.25, 0.3) is 0 Å². The monoisotopic (exact) mass is 572 g/mol. The number of hydrogen-bond donors (Lipinski definition) is 6. The average Bonchev–Trinajstić information content (AvgIpc) is 2.87. The minimum absolute atomic E-state index is 0.0362. The first-order valence-corrected chi connectivity index (χ1v) is 14.1. The molecule has 0 aromatic rings. The summed E-state index contributed by atoms with van der Waals surface area (Å²) in [7, 11) is 3.70. The van der Waals surface area contributed by atoms with E-state index in [4.69, 9.17) is 19.9 Å². The molecule has 2 heterocycles. The Kier molecular flexibility index (Phi) is 11.8. The predicted octanol–water partition coefficient (Wildman–Crippen LogP) is 0.810. The van der Waals surface area contributed by atoms with E-state index in [1.54, 1.807) is 20.8 Å². The van der Waals surface area contributed by atoms with Gasteiger partial charge in [-0.05, 0) is 78.8 Å². The topological polar surface area (TPSA) is 175 Å². The second-order valence-corrected chi connectivity index (χ2v) is 12.4. The van der Waals surface area contributed by atoms with Crippen LogP contribution in [-0.4, -0.2) is 111 Å². The lowest BCUT2D eigenvalue weighted by Gasteiger charge is -2.46. The summed E-state index contributed by atoms with van der Waals surface area (Å²) in [6, 6.07) is -0.264. The van der Waals surface area contributed by atoms with Crippen LogP contribution in [0.5, 0.6) is 0 Å². The van der Waals surface area contributed by atoms with Crippen molar-refractivity contribution in [2.45, 2.75) is 122 Å². The van der Waals surface area contributed by atoms with Crippen LogP contribution in [-0.2, 0) is 19.0 Å². The van der Waals surface area contributed by atoms with Crippen LogP contribution >= 0.6 is 0 Å². The van der Waals surface area contributed by atoms with Gasteiger partial charge in [-0.2, -0.15) is 0 Å². The molecule has 0 saturated carbocycles. The van der Waals surface area contributed by atoms with Gasteiger partial charge in [0.05, 0.1) is 36.4 Å². The molecule has 1 saturated heterocycles. The summed E-state index contributed by atoms with van der Waals surface area (Å²) in [6.45, 7) is 11.0. The Hall–Kier alpha value is -1.57. The van der Waals surface area contributed by atoms with Crippen LogP contribution in [0.3, 0.4) is 0 Å². The zero-order valence-electron chi connectivity index (χ0n) is 25.5. The minimum Gasteiger partial charge on any atom is -0.459 e. The quantitative estimate of drug-likeness (QED) is 0.257. The number of nitrogens with two attached hydrogens (primary N) is 1. The smallest absolute Gasteiger partial charge is 0.311 e. The molecule has 40 heavy (non-hydrogen) atoms. The van der Waals surface area contributed by atoms with Crippen LogP contribution in [0.4, 0.5) is 0 Å². The van der Waals surface area contributed by atoms with Crippen molar-refractivity contribution in [1.29, 1.82) is 0 Å². The zero-order valence-corrected chi connectivity index (χ0v) is 25.5. The number of hydrogen-bond acceptors (Lipinski definition) is 11. The first-order chi connectivity index (χ1) is 18.4. The maximum atomic E-state index is 13.2. The number of likely N-dealkylation sites (N-methyl/N-ethyl adjacent to an activating group) is 1. The van der Waals surface area contributed by atoms with Gasteiger partial charge in [-0.3, -0.25) is 4.79 Å². The van der Waals surface area contributed by atoms with Crippen molar-refractivity contribution in [2.75, 3.05) is 20.7 Å². The van der Waals surface area contributed by atoms with Crippen LogP contribution in [0.1, 0.15) is 67.7 Å². The number of ether oxygens (including phenoxy) is 3. The molecule has 2 aliphatic heterocycles. The lowest BCUT2D eigenvalue weighted by Crippen LogP contribution is -2.59. The van der Waals surface area contributed by atoms with Gasteiger partial charge in [0, 0.05) is 24.1 Å². The number of carbonyl (C=O) groups excluding carboxylic acids is 1. The predicted molar refractivity (Wildman–Crippen MR) is 150 cm³/mol. The maximum absolute atomic E-state index is 13.2. The molecule has 1 unspecified atom stereocenters. The Balaban J connectivity index is 2.64. The minimum atomic E-state index is -1.67. The first kappa shape index (κ1) is 34.6. The Labute approximate surface area is 238 Å². The lowest BCUT2D eigenvalue weighted by atomic mass is 9.78. The van der Waals surface area contributed by atoms with Crippen LogP contribution in [0.2, 0.25) is 0 Å². The molecule has 11 nitrogen and oxygen atoms in total. The molecule has 0 aromatic carbocycles. The Morgan fingerprint density at radius 2 is 1.75 bits per heavy atom. The molecule has 2 rings (SSSR count). The highest BCUT2D eigenvalue weighted by Crippen LogP contribution is 2.36. The van der Waals surface area contributed by atoms with Crippen molar-refractivity contribution < 1.29 is 44.5 Å². The molecule has 11 heteroatoms. The number of nitrogens with zero attached hydrogens (tertiary/aromatic N) is 1. The summed E-state index contributed by atoms with van der Waals surface area (Å²) in [5.74, 6) is -2.62. The molecule has 0 amide bonds. The first-order valence-electron chi connectivity index (χ1n) is 14.1. The zero-order chi connectivity index (χ0) is 30.7. The van der Waals surface area contributed by atoms with E-state index in [0.29, 0.717) is 12.0 Å². The van der Waals surface area contributed by atoms with E-state index >= 15 is 0 Å². The molecule has 7 N–H and O–H groups in total. The van der Waals surface area contributed by atoms with Gasteiger partial charge in [-0.25, -0.2) is 0 Å². The molecule has 1 fully saturated rings. The highest BCUT2D eigenvalue weighted by molar-refractivity contribution is 5.73. The SMILES string of the molecule is CC[C@H]1OC(=O)[C@H](C)[C@@H](O)[C@H](C)[C@@H](OC2O[C@H](C)C[C@H](N(C)C)[C@H]2O)[C@@](C)(O)CC(C)=C(N)C(CO)=C[C@]1(C)O. The summed E-state index contributed by atoms with van der Waals surface area (Å²) < 4.78 is 17.9. The van der Waals surface area contributed by atoms with E-state index in [-0.39, 0.29) is 36.3 Å². The average molecular weight is 573 g/mol. The molecular formula is C29H52N2O9. The third-order valence-corrected chi connectivity index (χ3v) is 8.42. The molecule has 232 valence electrons. The van der Waals surface area contributed by atoms with Gasteiger partial charge >= 0.3 is 5.97 Å². The van der Waals surface area contributed by atoms with Gasteiger partial charge < -0.3 is 50.4 Å². The van der Waals surface area contributed by atoms with Crippen molar-refractivity contribution in [2.24, 2.45) is 17.6 Å². The number of aliphatic hydroxyl groups excluding tert-OH is 3. The Morgan fingerprint density at radius 3 is 2.27 bits per heavy atom. The number of rotatable bonds is 5. The van der Waals surface area contributed by atoms with E-state index in [1.165, 1.54) is 26.8 Å². The van der Waals surface area contributed by atoms with E-state index in [2.05, 4.69) is 0 Å². The second-order valence-electron chi connectivity index (χ2n) is 12.4. The molecule has 2 aliphatic rings. The van der Waals surface area contributed by atoms with E-state index in [9.17, 15) is 30.3 Å². The largest absolute Gasteiger partial charge is 0.459 e. The van der Waals surface area contributed by atoms with Gasteiger partial charge in [0.15, 0.2) is 6.29 Å². The van der Waals surface area contributed by atoms with Crippen molar-refractivity contribution >= 4 is 5.97 Å². The van der Waals surface area contributed by atoms with Crippen molar-refractivity contribution in [3.8, 4) is 0 Å². The fraction of sp³-hybridized carbons (Fsp3) is 0.828. The van der Waals surface area contributed by atoms with Crippen molar-refractivity contribution in [3.63, 3.8) is 0 Å². The highest BCUT2D eigenvalue weighted by Gasteiger charge is 2.48.